The van der Waals surface area contributed by atoms with Crippen LogP contribution in [0, 0.1) is 5.92 Å². The van der Waals surface area contributed by atoms with E-state index in [2.05, 4.69) is 13.8 Å². The molecule has 1 unspecified atom stereocenters. The van der Waals surface area contributed by atoms with E-state index >= 15 is 0 Å². The van der Waals surface area contributed by atoms with Gasteiger partial charge in [0.1, 0.15) is 23.0 Å². The average molecular weight is 256 g/mol. The second-order valence-electron chi connectivity index (χ2n) is 2.69. The summed E-state index contributed by atoms with van der Waals surface area (Å²) in [7, 11) is 0. The molecular formula is C8H17IO. The summed E-state index contributed by atoms with van der Waals surface area (Å²) in [6.45, 7) is 5.39. The molecule has 0 radical (unpaired) electrons. The third-order valence-electron chi connectivity index (χ3n) is 1.84. The van der Waals surface area contributed by atoms with E-state index in [1.54, 1.807) is 0 Å². The van der Waals surface area contributed by atoms with E-state index in [9.17, 15) is 0 Å². The summed E-state index contributed by atoms with van der Waals surface area (Å²) in [5.41, 5.74) is 0. The van der Waals surface area contributed by atoms with Crippen LogP contribution in [-0.4, -0.2) is 6.61 Å². The molecule has 62 valence electrons. The van der Waals surface area contributed by atoms with Crippen LogP contribution in [0.5, 0.6) is 0 Å². The zero-order valence-electron chi connectivity index (χ0n) is 6.90. The number of rotatable bonds is 6. The number of halogens is 1. The van der Waals surface area contributed by atoms with E-state index in [-0.39, 0.29) is 0 Å². The van der Waals surface area contributed by atoms with Gasteiger partial charge in [0.15, 0.2) is 0 Å². The third kappa shape index (κ3) is 5.47. The summed E-state index contributed by atoms with van der Waals surface area (Å²) in [6.07, 6.45) is 5.23. The molecule has 0 aliphatic rings. The van der Waals surface area contributed by atoms with E-state index in [1.807, 2.05) is 23.0 Å². The van der Waals surface area contributed by atoms with Crippen LogP contribution in [0.4, 0.5) is 0 Å². The fraction of sp³-hybridized carbons (Fsp3) is 1.00. The Morgan fingerprint density at radius 3 is 2.50 bits per heavy atom. The second kappa shape index (κ2) is 7.79. The second-order valence-corrected chi connectivity index (χ2v) is 3.32. The van der Waals surface area contributed by atoms with Gasteiger partial charge in [-0.3, -0.25) is 0 Å². The molecule has 0 aliphatic carbocycles. The molecule has 0 aromatic carbocycles. The van der Waals surface area contributed by atoms with Crippen molar-refractivity contribution in [2.45, 2.75) is 39.5 Å². The van der Waals surface area contributed by atoms with Crippen LogP contribution < -0.4 is 0 Å². The molecule has 10 heavy (non-hydrogen) atoms. The minimum atomic E-state index is 0.789. The number of unbranched alkanes of at least 4 members (excludes halogenated alkanes) is 1. The highest BCUT2D eigenvalue weighted by molar-refractivity contribution is 14.1. The largest absolute Gasteiger partial charge is 0.316 e. The molecule has 0 heterocycles. The van der Waals surface area contributed by atoms with Gasteiger partial charge in [0.2, 0.25) is 0 Å². The van der Waals surface area contributed by atoms with Gasteiger partial charge >= 0.3 is 0 Å². The van der Waals surface area contributed by atoms with Crippen LogP contribution in [0.1, 0.15) is 39.5 Å². The highest BCUT2D eigenvalue weighted by atomic mass is 127. The molecule has 0 aromatic rings. The SMILES string of the molecule is CCCCC(CC)COI. The van der Waals surface area contributed by atoms with Crippen LogP contribution in [0.2, 0.25) is 0 Å². The van der Waals surface area contributed by atoms with Gasteiger partial charge in [0.25, 0.3) is 0 Å². The normalized spacial score (nSPS) is 13.5. The van der Waals surface area contributed by atoms with Crippen molar-refractivity contribution in [1.82, 2.24) is 0 Å². The number of hydrogen-bond acceptors (Lipinski definition) is 1. The van der Waals surface area contributed by atoms with Crippen molar-refractivity contribution >= 4 is 23.0 Å². The molecule has 0 N–H and O–H groups in total. The molecule has 2 heteroatoms. The fourth-order valence-electron chi connectivity index (χ4n) is 0.987. The first-order valence-electron chi connectivity index (χ1n) is 4.08. The molecule has 0 amide bonds. The lowest BCUT2D eigenvalue weighted by Gasteiger charge is -2.10. The van der Waals surface area contributed by atoms with Gasteiger partial charge in [-0.15, -0.1) is 0 Å². The van der Waals surface area contributed by atoms with E-state index in [4.69, 9.17) is 3.07 Å². The summed E-state index contributed by atoms with van der Waals surface area (Å²) in [5, 5.41) is 0. The minimum Gasteiger partial charge on any atom is -0.316 e. The van der Waals surface area contributed by atoms with Gasteiger partial charge in [0, 0.05) is 0 Å². The first kappa shape index (κ1) is 10.7. The Kier molecular flexibility index (Phi) is 8.33. The Morgan fingerprint density at radius 2 is 2.10 bits per heavy atom. The van der Waals surface area contributed by atoms with E-state index in [0.29, 0.717) is 0 Å². The molecule has 0 bridgehead atoms. The van der Waals surface area contributed by atoms with Crippen LogP contribution in [0.15, 0.2) is 0 Å². The Hall–Kier alpha value is 0.690. The molecule has 0 aromatic heterocycles. The minimum absolute atomic E-state index is 0.789. The Balaban J connectivity index is 3.21. The quantitative estimate of drug-likeness (QED) is 0.660. The summed E-state index contributed by atoms with van der Waals surface area (Å²) in [6, 6.07) is 0. The first-order chi connectivity index (χ1) is 4.85. The van der Waals surface area contributed by atoms with Gasteiger partial charge in [-0.2, -0.15) is 0 Å². The summed E-state index contributed by atoms with van der Waals surface area (Å²) in [5.74, 6) is 0.789. The molecule has 0 spiro atoms. The Labute approximate surface area is 78.2 Å². The molecule has 0 fully saturated rings. The fourth-order valence-corrected chi connectivity index (χ4v) is 1.50. The van der Waals surface area contributed by atoms with Crippen molar-refractivity contribution in [2.24, 2.45) is 5.92 Å². The summed E-state index contributed by atoms with van der Waals surface area (Å²) >= 11 is 1.98. The van der Waals surface area contributed by atoms with Gasteiger partial charge in [-0.25, -0.2) is 0 Å². The lowest BCUT2D eigenvalue weighted by Crippen LogP contribution is -2.04. The van der Waals surface area contributed by atoms with E-state index in [0.717, 1.165) is 12.5 Å². The Morgan fingerprint density at radius 1 is 1.40 bits per heavy atom. The van der Waals surface area contributed by atoms with Crippen LogP contribution >= 0.6 is 23.0 Å². The van der Waals surface area contributed by atoms with Crippen molar-refractivity contribution in [2.75, 3.05) is 6.61 Å². The maximum atomic E-state index is 5.06. The topological polar surface area (TPSA) is 9.23 Å². The van der Waals surface area contributed by atoms with Gasteiger partial charge < -0.3 is 3.07 Å². The monoisotopic (exact) mass is 256 g/mol. The zero-order valence-corrected chi connectivity index (χ0v) is 9.06. The highest BCUT2D eigenvalue weighted by Crippen LogP contribution is 2.13. The molecule has 0 aliphatic heterocycles. The molecular weight excluding hydrogens is 239 g/mol. The van der Waals surface area contributed by atoms with Crippen molar-refractivity contribution in [3.05, 3.63) is 0 Å². The highest BCUT2D eigenvalue weighted by Gasteiger charge is 2.03. The lowest BCUT2D eigenvalue weighted by atomic mass is 10.0. The van der Waals surface area contributed by atoms with Crippen LogP contribution in [-0.2, 0) is 3.07 Å². The number of hydrogen-bond donors (Lipinski definition) is 0. The van der Waals surface area contributed by atoms with Crippen molar-refractivity contribution in [1.29, 1.82) is 0 Å². The van der Waals surface area contributed by atoms with Gasteiger partial charge in [-0.05, 0) is 12.3 Å². The zero-order chi connectivity index (χ0) is 7.82. The van der Waals surface area contributed by atoms with Crippen LogP contribution in [0.3, 0.4) is 0 Å². The third-order valence-corrected chi connectivity index (χ3v) is 2.20. The predicted molar refractivity (Wildman–Crippen MR) is 53.3 cm³/mol. The van der Waals surface area contributed by atoms with Crippen molar-refractivity contribution < 1.29 is 3.07 Å². The average Bonchev–Trinajstić information content (AvgIpc) is 1.98. The smallest absolute Gasteiger partial charge is 0.109 e. The van der Waals surface area contributed by atoms with Crippen molar-refractivity contribution in [3.63, 3.8) is 0 Å². The Bertz CT molecular complexity index is 66.3. The van der Waals surface area contributed by atoms with E-state index in [1.165, 1.54) is 25.7 Å². The maximum absolute atomic E-state index is 5.06. The first-order valence-corrected chi connectivity index (χ1v) is 4.96. The maximum Gasteiger partial charge on any atom is 0.109 e. The van der Waals surface area contributed by atoms with Crippen LogP contribution in [0.25, 0.3) is 0 Å². The lowest BCUT2D eigenvalue weighted by molar-refractivity contribution is 0.296. The molecule has 1 atom stereocenters. The predicted octanol–water partition coefficient (Wildman–Crippen LogP) is 3.57. The molecule has 0 saturated heterocycles. The van der Waals surface area contributed by atoms with Crippen molar-refractivity contribution in [3.8, 4) is 0 Å². The molecule has 0 rings (SSSR count). The van der Waals surface area contributed by atoms with Gasteiger partial charge in [0.05, 0.1) is 6.61 Å². The summed E-state index contributed by atoms with van der Waals surface area (Å²) < 4.78 is 5.06. The standard InChI is InChI=1S/C8H17IO/c1-3-5-6-8(4-2)7-10-9/h8H,3-7H2,1-2H3. The molecule has 0 saturated carbocycles. The molecule has 1 nitrogen and oxygen atoms in total. The summed E-state index contributed by atoms with van der Waals surface area (Å²) in [4.78, 5) is 0. The van der Waals surface area contributed by atoms with Gasteiger partial charge in [-0.1, -0.05) is 33.1 Å². The van der Waals surface area contributed by atoms with E-state index < -0.39 is 0 Å².